The zero-order chi connectivity index (χ0) is 14.4. The number of hydrogen-bond donors (Lipinski definition) is 1. The van der Waals surface area contributed by atoms with Crippen LogP contribution in [0.1, 0.15) is 78.1 Å². The number of hydrogen-bond acceptors (Lipinski definition) is 3. The van der Waals surface area contributed by atoms with Gasteiger partial charge in [-0.05, 0) is 12.8 Å². The summed E-state index contributed by atoms with van der Waals surface area (Å²) in [6.07, 6.45) is 10.9. The summed E-state index contributed by atoms with van der Waals surface area (Å²) < 4.78 is 21.4. The molecule has 0 heterocycles. The molecule has 4 nitrogen and oxygen atoms in total. The van der Waals surface area contributed by atoms with Crippen LogP contribution in [0.2, 0.25) is 0 Å². The van der Waals surface area contributed by atoms with E-state index in [1.807, 2.05) is 0 Å². The van der Waals surface area contributed by atoms with E-state index in [0.29, 0.717) is 13.2 Å². The summed E-state index contributed by atoms with van der Waals surface area (Å²) in [7, 11) is -3.80. The molecule has 0 radical (unpaired) electrons. The van der Waals surface area contributed by atoms with Crippen molar-refractivity contribution in [1.29, 1.82) is 0 Å². The van der Waals surface area contributed by atoms with Crippen molar-refractivity contribution in [3.05, 3.63) is 0 Å². The zero-order valence-electron chi connectivity index (χ0n) is 13.0. The summed E-state index contributed by atoms with van der Waals surface area (Å²) in [6.45, 7) is 4.94. The van der Waals surface area contributed by atoms with E-state index in [9.17, 15) is 9.46 Å². The Bertz CT molecular complexity index is 219. The summed E-state index contributed by atoms with van der Waals surface area (Å²) in [5, 5.41) is 0. The summed E-state index contributed by atoms with van der Waals surface area (Å²) in [5.41, 5.74) is 0. The maximum Gasteiger partial charge on any atom is 0.472 e. The molecule has 122 valence electrons. The Morgan fingerprint density at radius 2 is 1.10 bits per heavy atom. The van der Waals surface area contributed by atoms with Crippen molar-refractivity contribution in [2.75, 3.05) is 13.2 Å². The first-order chi connectivity index (χ1) is 9.12. The molecule has 0 aliphatic rings. The molecular weight excluding hydrogens is 359 g/mol. The molecule has 0 fully saturated rings. The summed E-state index contributed by atoms with van der Waals surface area (Å²) >= 11 is 0. The van der Waals surface area contributed by atoms with Gasteiger partial charge >= 0.3 is 7.82 Å². The predicted molar refractivity (Wildman–Crippen MR) is 79.2 cm³/mol. The molecule has 0 saturated heterocycles. The second-order valence-corrected chi connectivity index (χ2v) is 6.42. The van der Waals surface area contributed by atoms with Crippen LogP contribution >= 0.6 is 7.82 Å². The first-order valence-electron chi connectivity index (χ1n) is 7.74. The van der Waals surface area contributed by atoms with Crippen LogP contribution in [0.5, 0.6) is 0 Å². The molecule has 0 saturated carbocycles. The smallest absolute Gasteiger partial charge is 0.302 e. The molecule has 0 amide bonds. The Labute approximate surface area is 138 Å². The fourth-order valence-corrected chi connectivity index (χ4v) is 2.60. The van der Waals surface area contributed by atoms with Gasteiger partial charge in [-0.25, -0.2) is 4.57 Å². The van der Waals surface area contributed by atoms with Crippen LogP contribution in [0.4, 0.5) is 0 Å². The average Bonchev–Trinajstić information content (AvgIpc) is 2.38. The first-order valence-corrected chi connectivity index (χ1v) is 9.23. The second kappa shape index (κ2) is 16.2. The quantitative estimate of drug-likeness (QED) is 0.256. The molecule has 6 heteroatoms. The fraction of sp³-hybridized carbons (Fsp3) is 1.00. The van der Waals surface area contributed by atoms with Gasteiger partial charge in [0.15, 0.2) is 0 Å². The van der Waals surface area contributed by atoms with Gasteiger partial charge in [0.1, 0.15) is 0 Å². The maximum atomic E-state index is 11.5. The molecule has 0 bridgehead atoms. The molecule has 0 aromatic rings. The largest absolute Gasteiger partial charge is 0.472 e. The molecule has 0 rings (SSSR count). The molecular formula is C14H31MoO4P. The Kier molecular flexibility index (Phi) is 18.7. The van der Waals surface area contributed by atoms with Gasteiger partial charge in [-0.1, -0.05) is 65.2 Å². The van der Waals surface area contributed by atoms with Crippen molar-refractivity contribution in [1.82, 2.24) is 0 Å². The molecule has 0 aliphatic carbocycles. The fourth-order valence-electron chi connectivity index (χ4n) is 1.81. The van der Waals surface area contributed by atoms with Crippen LogP contribution in [0.3, 0.4) is 0 Å². The molecule has 0 aromatic heterocycles. The van der Waals surface area contributed by atoms with E-state index in [0.717, 1.165) is 38.5 Å². The molecule has 20 heavy (non-hydrogen) atoms. The van der Waals surface area contributed by atoms with Crippen molar-refractivity contribution >= 4 is 7.82 Å². The van der Waals surface area contributed by atoms with Crippen LogP contribution in [-0.4, -0.2) is 18.1 Å². The van der Waals surface area contributed by atoms with Crippen LogP contribution in [0.15, 0.2) is 0 Å². The molecule has 0 aliphatic heterocycles. The van der Waals surface area contributed by atoms with Crippen molar-refractivity contribution in [2.45, 2.75) is 78.1 Å². The van der Waals surface area contributed by atoms with Gasteiger partial charge in [-0.3, -0.25) is 9.05 Å². The standard InChI is InChI=1S/C14H31O4P.Mo/c1-3-5-7-9-11-13-17-19(15,16)18-14-12-10-8-6-4-2;/h3-14H2,1-2H3,(H,15,16);. The van der Waals surface area contributed by atoms with E-state index in [4.69, 9.17) is 9.05 Å². The van der Waals surface area contributed by atoms with E-state index in [1.165, 1.54) is 25.7 Å². The second-order valence-electron chi connectivity index (χ2n) is 4.96. The van der Waals surface area contributed by atoms with Gasteiger partial charge in [0.2, 0.25) is 0 Å². The van der Waals surface area contributed by atoms with E-state index < -0.39 is 7.82 Å². The first kappa shape index (κ1) is 23.1. The minimum Gasteiger partial charge on any atom is -0.302 e. The topological polar surface area (TPSA) is 55.8 Å². The van der Waals surface area contributed by atoms with Crippen LogP contribution < -0.4 is 0 Å². The zero-order valence-corrected chi connectivity index (χ0v) is 15.9. The molecule has 0 unspecified atom stereocenters. The van der Waals surface area contributed by atoms with Gasteiger partial charge in [-0.15, -0.1) is 0 Å². The molecule has 0 aromatic carbocycles. The third kappa shape index (κ3) is 16.9. The van der Waals surface area contributed by atoms with Crippen LogP contribution in [0, 0.1) is 0 Å². The Hall–Kier alpha value is 0.798. The van der Waals surface area contributed by atoms with Gasteiger partial charge in [0.25, 0.3) is 0 Å². The third-order valence-corrected chi connectivity index (χ3v) is 4.02. The Morgan fingerprint density at radius 1 is 0.750 bits per heavy atom. The van der Waals surface area contributed by atoms with Crippen molar-refractivity contribution < 1.29 is 39.6 Å². The van der Waals surface area contributed by atoms with Gasteiger partial charge in [-0.2, -0.15) is 0 Å². The van der Waals surface area contributed by atoms with Crippen LogP contribution in [0.25, 0.3) is 0 Å². The van der Waals surface area contributed by atoms with E-state index in [2.05, 4.69) is 13.8 Å². The van der Waals surface area contributed by atoms with Crippen molar-refractivity contribution in [3.63, 3.8) is 0 Å². The number of phosphoric acid groups is 1. The molecule has 1 N–H and O–H groups in total. The Morgan fingerprint density at radius 3 is 1.45 bits per heavy atom. The normalized spacial score (nSPS) is 11.3. The van der Waals surface area contributed by atoms with Gasteiger partial charge in [0.05, 0.1) is 13.2 Å². The minimum absolute atomic E-state index is 0. The third-order valence-electron chi connectivity index (χ3n) is 3.00. The maximum absolute atomic E-state index is 11.5. The van der Waals surface area contributed by atoms with Crippen molar-refractivity contribution in [3.8, 4) is 0 Å². The number of unbranched alkanes of at least 4 members (excludes halogenated alkanes) is 8. The van der Waals surface area contributed by atoms with E-state index >= 15 is 0 Å². The summed E-state index contributed by atoms with van der Waals surface area (Å²) in [6, 6.07) is 0. The van der Waals surface area contributed by atoms with Gasteiger partial charge < -0.3 is 4.89 Å². The van der Waals surface area contributed by atoms with Crippen molar-refractivity contribution in [2.24, 2.45) is 0 Å². The number of phosphoric ester groups is 1. The number of rotatable bonds is 14. The summed E-state index contributed by atoms with van der Waals surface area (Å²) in [4.78, 5) is 9.43. The predicted octanol–water partition coefficient (Wildman–Crippen LogP) is 5.06. The van der Waals surface area contributed by atoms with E-state index in [-0.39, 0.29) is 21.1 Å². The summed E-state index contributed by atoms with van der Waals surface area (Å²) in [5.74, 6) is 0. The Balaban J connectivity index is 0. The van der Waals surface area contributed by atoms with Gasteiger partial charge in [0, 0.05) is 21.1 Å². The molecule has 0 spiro atoms. The SMILES string of the molecule is CCCCCCCOP(=O)(O)OCCCCCCC.[Mo]. The monoisotopic (exact) mass is 392 g/mol. The average molecular weight is 390 g/mol. The van der Waals surface area contributed by atoms with E-state index in [1.54, 1.807) is 0 Å². The molecule has 0 atom stereocenters. The minimum atomic E-state index is -3.80. The van der Waals surface area contributed by atoms with Crippen LogP contribution in [-0.2, 0) is 34.7 Å².